The average Bonchev–Trinajstić information content (AvgIpc) is 4.07. The number of rotatable bonds is 17. The molecule has 1 atom stereocenters. The van der Waals surface area contributed by atoms with E-state index in [2.05, 4.69) is 36.2 Å². The second kappa shape index (κ2) is 15.7. The summed E-state index contributed by atoms with van der Waals surface area (Å²) in [6.45, 7) is -1.63. The first-order chi connectivity index (χ1) is 25.7. The maximum Gasteiger partial charge on any atom is 0.422 e. The van der Waals surface area contributed by atoms with Crippen molar-refractivity contribution in [3.8, 4) is 6.01 Å². The lowest BCUT2D eigenvalue weighted by Crippen LogP contribution is -2.44. The third kappa shape index (κ3) is 10.2. The number of hydrogen-bond acceptors (Lipinski definition) is 10. The average molecular weight is 766 g/mol. The van der Waals surface area contributed by atoms with E-state index < -0.39 is 65.9 Å². The molecule has 0 spiro atoms. The second-order valence-electron chi connectivity index (χ2n) is 13.3. The SMILES string of the molecule is O=C(CC[C@H](NC(=O)c1ccc(Nc2nc(NC3(c4ccc(Cl)cc4)CC3)nc(OCC(F)(F)F)n2)cc1)C(=O)O)C(=O)NC1(Cc2ccccc2)CC1. The lowest BCUT2D eigenvalue weighted by atomic mass is 10.0. The van der Waals surface area contributed by atoms with Crippen molar-refractivity contribution < 1.29 is 42.2 Å². The molecule has 0 radical (unpaired) electrons. The van der Waals surface area contributed by atoms with Gasteiger partial charge in [0.05, 0.1) is 5.54 Å². The molecule has 0 aliphatic heterocycles. The van der Waals surface area contributed by atoms with Crippen LogP contribution in [0.2, 0.25) is 5.02 Å². The smallest absolute Gasteiger partial charge is 0.422 e. The minimum Gasteiger partial charge on any atom is -0.480 e. The number of ether oxygens (including phenoxy) is 1. The van der Waals surface area contributed by atoms with Gasteiger partial charge in [0.15, 0.2) is 6.61 Å². The zero-order chi connectivity index (χ0) is 38.5. The quantitative estimate of drug-likeness (QED) is 0.0827. The third-order valence-corrected chi connectivity index (χ3v) is 9.27. The molecule has 2 saturated carbocycles. The summed E-state index contributed by atoms with van der Waals surface area (Å²) in [4.78, 5) is 62.5. The van der Waals surface area contributed by atoms with E-state index in [9.17, 15) is 37.5 Å². The van der Waals surface area contributed by atoms with Crippen LogP contribution in [0.15, 0.2) is 78.9 Å². The summed E-state index contributed by atoms with van der Waals surface area (Å²) in [5.41, 5.74) is 1.24. The second-order valence-corrected chi connectivity index (χ2v) is 13.7. The molecular weight excluding hydrogens is 731 g/mol. The first kappa shape index (κ1) is 38.0. The standard InChI is InChI=1S/C37H35ClF3N7O6/c38-25-10-8-24(9-11-25)36(18-19-36)48-33-44-32(45-34(46-33)54-21-37(39,40)41)42-26-12-6-23(7-13-26)29(50)43-27(31(52)53)14-15-28(49)30(51)47-35(16-17-35)20-22-4-2-1-3-5-22/h1-13,27H,14-21H2,(H,43,50)(H,47,51)(H,52,53)(H2,42,44,45,46,48)/t27-/m0/s1. The maximum atomic E-state index is 13.0. The summed E-state index contributed by atoms with van der Waals surface area (Å²) in [5.74, 6) is -3.91. The van der Waals surface area contributed by atoms with Gasteiger partial charge in [0.25, 0.3) is 11.8 Å². The highest BCUT2D eigenvalue weighted by atomic mass is 35.5. The molecule has 17 heteroatoms. The first-order valence-corrected chi connectivity index (χ1v) is 17.4. The number of benzene rings is 3. The Labute approximate surface area is 312 Å². The van der Waals surface area contributed by atoms with Crippen LogP contribution < -0.4 is 26.0 Å². The molecule has 0 unspecified atom stereocenters. The molecule has 3 aromatic carbocycles. The molecule has 5 N–H and O–H groups in total. The topological polar surface area (TPSA) is 185 Å². The number of halogens is 4. The monoisotopic (exact) mass is 765 g/mol. The number of anilines is 3. The van der Waals surface area contributed by atoms with E-state index in [0.29, 0.717) is 30.0 Å². The van der Waals surface area contributed by atoms with Gasteiger partial charge in [-0.25, -0.2) is 4.79 Å². The molecule has 4 aromatic rings. The number of carboxylic acids is 1. The van der Waals surface area contributed by atoms with E-state index in [1.54, 1.807) is 12.1 Å². The largest absolute Gasteiger partial charge is 0.480 e. The van der Waals surface area contributed by atoms with Crippen molar-refractivity contribution in [1.82, 2.24) is 25.6 Å². The van der Waals surface area contributed by atoms with Crippen molar-refractivity contribution in [2.45, 2.75) is 68.2 Å². The van der Waals surface area contributed by atoms with Gasteiger partial charge < -0.3 is 31.1 Å². The van der Waals surface area contributed by atoms with Gasteiger partial charge in [-0.2, -0.15) is 28.1 Å². The number of amides is 2. The fourth-order valence-corrected chi connectivity index (χ4v) is 5.91. The predicted octanol–water partition coefficient (Wildman–Crippen LogP) is 5.73. The number of nitrogens with zero attached hydrogens (tertiary/aromatic N) is 3. The molecular formula is C37H35ClF3N7O6. The number of carbonyl (C=O) groups excluding carboxylic acids is 3. The molecule has 13 nitrogen and oxygen atoms in total. The highest BCUT2D eigenvalue weighted by molar-refractivity contribution is 6.36. The molecule has 6 rings (SSSR count). The molecule has 282 valence electrons. The van der Waals surface area contributed by atoms with E-state index in [4.69, 9.17) is 16.3 Å². The zero-order valence-corrected chi connectivity index (χ0v) is 29.3. The minimum atomic E-state index is -4.64. The molecule has 2 amide bonds. The van der Waals surface area contributed by atoms with Crippen molar-refractivity contribution in [1.29, 1.82) is 0 Å². The van der Waals surface area contributed by atoms with Crippen LogP contribution in [-0.2, 0) is 26.3 Å². The van der Waals surface area contributed by atoms with Crippen molar-refractivity contribution in [2.75, 3.05) is 17.2 Å². The van der Waals surface area contributed by atoms with Gasteiger partial charge in [0.2, 0.25) is 17.7 Å². The Hall–Kier alpha value is -5.77. The van der Waals surface area contributed by atoms with Crippen LogP contribution in [0.25, 0.3) is 0 Å². The molecule has 0 bridgehead atoms. The molecule has 0 saturated heterocycles. The summed E-state index contributed by atoms with van der Waals surface area (Å²) in [6.07, 6.45) is -1.92. The van der Waals surface area contributed by atoms with Crippen LogP contribution in [-0.4, -0.2) is 68.0 Å². The maximum absolute atomic E-state index is 13.0. The number of nitrogens with one attached hydrogen (secondary N) is 4. The van der Waals surface area contributed by atoms with Crippen molar-refractivity contribution in [3.63, 3.8) is 0 Å². The highest BCUT2D eigenvalue weighted by Gasteiger charge is 2.46. The van der Waals surface area contributed by atoms with Gasteiger partial charge in [0.1, 0.15) is 6.04 Å². The van der Waals surface area contributed by atoms with Gasteiger partial charge in [-0.15, -0.1) is 0 Å². The molecule has 2 aliphatic rings. The van der Waals surface area contributed by atoms with E-state index >= 15 is 0 Å². The first-order valence-electron chi connectivity index (χ1n) is 17.0. The lowest BCUT2D eigenvalue weighted by Gasteiger charge is -2.19. The fraction of sp³-hybridized carbons (Fsp3) is 0.324. The lowest BCUT2D eigenvalue weighted by molar-refractivity contribution is -0.154. The Bertz CT molecular complexity index is 2010. The summed E-state index contributed by atoms with van der Waals surface area (Å²) in [7, 11) is 0. The number of alkyl halides is 3. The van der Waals surface area contributed by atoms with Crippen LogP contribution >= 0.6 is 11.6 Å². The number of Topliss-reactive ketones (excluding diaryl/α,β-unsaturated/α-hetero) is 1. The van der Waals surface area contributed by atoms with Crippen LogP contribution in [0.3, 0.4) is 0 Å². The van der Waals surface area contributed by atoms with Gasteiger partial charge in [-0.05, 0) is 86.1 Å². The summed E-state index contributed by atoms with van der Waals surface area (Å²) < 4.78 is 43.7. The van der Waals surface area contributed by atoms with Gasteiger partial charge in [-0.3, -0.25) is 14.4 Å². The number of carbonyl (C=O) groups is 4. The third-order valence-electron chi connectivity index (χ3n) is 9.02. The Morgan fingerprint density at radius 3 is 2.15 bits per heavy atom. The zero-order valence-electron chi connectivity index (χ0n) is 28.6. The van der Waals surface area contributed by atoms with Crippen molar-refractivity contribution in [2.24, 2.45) is 0 Å². The molecule has 1 heterocycles. The molecule has 2 fully saturated rings. The molecule has 1 aromatic heterocycles. The number of aliphatic carboxylic acids is 1. The van der Waals surface area contributed by atoms with E-state index in [1.807, 2.05) is 42.5 Å². The van der Waals surface area contributed by atoms with E-state index in [-0.39, 0.29) is 23.9 Å². The highest BCUT2D eigenvalue weighted by Crippen LogP contribution is 2.48. The number of carboxylic acid groups (broad SMARTS) is 1. The van der Waals surface area contributed by atoms with Crippen LogP contribution in [0, 0.1) is 0 Å². The Balaban J connectivity index is 1.06. The van der Waals surface area contributed by atoms with Crippen LogP contribution in [0.1, 0.15) is 60.0 Å². The van der Waals surface area contributed by atoms with E-state index in [0.717, 1.165) is 24.0 Å². The van der Waals surface area contributed by atoms with Gasteiger partial charge in [-0.1, -0.05) is 54.1 Å². The summed E-state index contributed by atoms with van der Waals surface area (Å²) >= 11 is 6.02. The number of ketones is 1. The predicted molar refractivity (Wildman–Crippen MR) is 190 cm³/mol. The summed E-state index contributed by atoms with van der Waals surface area (Å²) in [5, 5.41) is 21.5. The van der Waals surface area contributed by atoms with Crippen LogP contribution in [0.4, 0.5) is 30.8 Å². The normalized spacial score (nSPS) is 15.6. The molecule has 54 heavy (non-hydrogen) atoms. The van der Waals surface area contributed by atoms with Gasteiger partial charge >= 0.3 is 18.2 Å². The Morgan fingerprint density at radius 2 is 1.54 bits per heavy atom. The number of aromatic nitrogens is 3. The Kier molecular flexibility index (Phi) is 11.0. The van der Waals surface area contributed by atoms with E-state index in [1.165, 1.54) is 24.3 Å². The Morgan fingerprint density at radius 1 is 0.870 bits per heavy atom. The van der Waals surface area contributed by atoms with Crippen molar-refractivity contribution >= 4 is 52.8 Å². The van der Waals surface area contributed by atoms with Crippen molar-refractivity contribution in [3.05, 3.63) is 101 Å². The minimum absolute atomic E-state index is 0.0389. The van der Waals surface area contributed by atoms with Crippen LogP contribution in [0.5, 0.6) is 6.01 Å². The van der Waals surface area contributed by atoms with Gasteiger partial charge in [0, 0.05) is 28.2 Å². The number of hydrogen-bond donors (Lipinski definition) is 5. The molecule has 2 aliphatic carbocycles. The summed E-state index contributed by atoms with van der Waals surface area (Å²) in [6, 6.07) is 20.3. The fourth-order valence-electron chi connectivity index (χ4n) is 5.79.